The van der Waals surface area contributed by atoms with Crippen LogP contribution in [-0.2, 0) is 6.42 Å². The quantitative estimate of drug-likeness (QED) is 0.861. The molecule has 2 rings (SSSR count). The van der Waals surface area contributed by atoms with E-state index in [4.69, 9.17) is 4.74 Å². The molecule has 3 heteroatoms. The first kappa shape index (κ1) is 13.4. The van der Waals surface area contributed by atoms with Gasteiger partial charge in [0.2, 0.25) is 0 Å². The minimum Gasteiger partial charge on any atom is -0.494 e. The summed E-state index contributed by atoms with van der Waals surface area (Å²) in [6.45, 7) is 9.61. The van der Waals surface area contributed by atoms with Crippen LogP contribution >= 0.6 is 0 Å². The average Bonchev–Trinajstić information content (AvgIpc) is 2.42. The third kappa shape index (κ3) is 3.47. The highest BCUT2D eigenvalue weighted by molar-refractivity contribution is 5.33. The van der Waals surface area contributed by atoms with Gasteiger partial charge in [-0.2, -0.15) is 0 Å². The van der Waals surface area contributed by atoms with Gasteiger partial charge in [-0.05, 0) is 31.9 Å². The molecule has 1 aromatic carbocycles. The lowest BCUT2D eigenvalue weighted by Gasteiger charge is -2.33. The van der Waals surface area contributed by atoms with E-state index in [-0.39, 0.29) is 0 Å². The number of hydrogen-bond donors (Lipinski definition) is 1. The maximum atomic E-state index is 5.69. The molecular formula is C15H24N2O. The molecule has 1 aromatic rings. The Morgan fingerprint density at radius 2 is 2.00 bits per heavy atom. The summed E-state index contributed by atoms with van der Waals surface area (Å²) in [5.74, 6) is 1.04. The normalized spacial score (nSPS) is 18.6. The van der Waals surface area contributed by atoms with E-state index in [1.807, 2.05) is 13.0 Å². The molecule has 0 aliphatic carbocycles. The SMILES string of the molecule is CCOc1ccccc1CC(C)N1CCNCC1. The van der Waals surface area contributed by atoms with Crippen molar-refractivity contribution in [3.05, 3.63) is 29.8 Å². The van der Waals surface area contributed by atoms with Crippen molar-refractivity contribution in [3.63, 3.8) is 0 Å². The molecule has 0 aromatic heterocycles. The summed E-state index contributed by atoms with van der Waals surface area (Å²) in [4.78, 5) is 2.55. The summed E-state index contributed by atoms with van der Waals surface area (Å²) in [6.07, 6.45) is 1.07. The van der Waals surface area contributed by atoms with Crippen LogP contribution in [0.5, 0.6) is 5.75 Å². The molecule has 0 saturated carbocycles. The predicted octanol–water partition coefficient (Wildman–Crippen LogP) is 1.92. The smallest absolute Gasteiger partial charge is 0.122 e. The van der Waals surface area contributed by atoms with Crippen molar-refractivity contribution in [1.29, 1.82) is 0 Å². The van der Waals surface area contributed by atoms with Gasteiger partial charge in [-0.1, -0.05) is 18.2 Å². The first-order valence-corrected chi connectivity index (χ1v) is 6.96. The van der Waals surface area contributed by atoms with Gasteiger partial charge in [-0.25, -0.2) is 0 Å². The topological polar surface area (TPSA) is 24.5 Å². The highest BCUT2D eigenvalue weighted by atomic mass is 16.5. The first-order valence-electron chi connectivity index (χ1n) is 6.96. The molecule has 1 saturated heterocycles. The Morgan fingerprint density at radius 1 is 1.28 bits per heavy atom. The summed E-state index contributed by atoms with van der Waals surface area (Å²) in [7, 11) is 0. The lowest BCUT2D eigenvalue weighted by atomic mass is 10.0. The highest BCUT2D eigenvalue weighted by Crippen LogP contribution is 2.21. The zero-order valence-corrected chi connectivity index (χ0v) is 11.5. The van der Waals surface area contributed by atoms with Crippen LogP contribution < -0.4 is 10.1 Å². The molecule has 18 heavy (non-hydrogen) atoms. The number of nitrogens with zero attached hydrogens (tertiary/aromatic N) is 1. The fourth-order valence-corrected chi connectivity index (χ4v) is 2.54. The fourth-order valence-electron chi connectivity index (χ4n) is 2.54. The van der Waals surface area contributed by atoms with E-state index < -0.39 is 0 Å². The lowest BCUT2D eigenvalue weighted by molar-refractivity contribution is 0.182. The van der Waals surface area contributed by atoms with Gasteiger partial charge in [-0.15, -0.1) is 0 Å². The molecule has 0 spiro atoms. The Balaban J connectivity index is 1.99. The van der Waals surface area contributed by atoms with E-state index in [2.05, 4.69) is 35.3 Å². The monoisotopic (exact) mass is 248 g/mol. The van der Waals surface area contributed by atoms with Crippen LogP contribution in [0.15, 0.2) is 24.3 Å². The van der Waals surface area contributed by atoms with Crippen LogP contribution in [0.4, 0.5) is 0 Å². The largest absolute Gasteiger partial charge is 0.494 e. The van der Waals surface area contributed by atoms with E-state index >= 15 is 0 Å². The molecule has 1 atom stereocenters. The van der Waals surface area contributed by atoms with Gasteiger partial charge in [-0.3, -0.25) is 4.90 Å². The molecule has 100 valence electrons. The van der Waals surface area contributed by atoms with Crippen LogP contribution in [0, 0.1) is 0 Å². The van der Waals surface area contributed by atoms with E-state index in [1.54, 1.807) is 0 Å². The van der Waals surface area contributed by atoms with E-state index in [9.17, 15) is 0 Å². The van der Waals surface area contributed by atoms with Crippen LogP contribution in [0.2, 0.25) is 0 Å². The molecule has 1 aliphatic heterocycles. The van der Waals surface area contributed by atoms with Gasteiger partial charge in [0.15, 0.2) is 0 Å². The van der Waals surface area contributed by atoms with Crippen molar-refractivity contribution in [1.82, 2.24) is 10.2 Å². The number of rotatable bonds is 5. The number of ether oxygens (including phenoxy) is 1. The van der Waals surface area contributed by atoms with Gasteiger partial charge >= 0.3 is 0 Å². The molecule has 0 amide bonds. The Morgan fingerprint density at radius 3 is 2.72 bits per heavy atom. The Hall–Kier alpha value is -1.06. The lowest BCUT2D eigenvalue weighted by Crippen LogP contribution is -2.48. The van der Waals surface area contributed by atoms with Crippen LogP contribution in [0.1, 0.15) is 19.4 Å². The summed E-state index contributed by atoms with van der Waals surface area (Å²) in [5, 5.41) is 3.40. The van der Waals surface area contributed by atoms with Crippen LogP contribution in [-0.4, -0.2) is 43.7 Å². The van der Waals surface area contributed by atoms with Gasteiger partial charge in [0.25, 0.3) is 0 Å². The van der Waals surface area contributed by atoms with Crippen molar-refractivity contribution in [2.75, 3.05) is 32.8 Å². The number of para-hydroxylation sites is 1. The number of benzene rings is 1. The van der Waals surface area contributed by atoms with E-state index in [0.717, 1.165) is 45.0 Å². The number of hydrogen-bond acceptors (Lipinski definition) is 3. The second-order valence-electron chi connectivity index (χ2n) is 4.88. The summed E-state index contributed by atoms with van der Waals surface area (Å²) < 4.78 is 5.69. The zero-order chi connectivity index (χ0) is 12.8. The maximum absolute atomic E-state index is 5.69. The zero-order valence-electron chi connectivity index (χ0n) is 11.5. The fraction of sp³-hybridized carbons (Fsp3) is 0.600. The second kappa shape index (κ2) is 6.76. The maximum Gasteiger partial charge on any atom is 0.122 e. The van der Waals surface area contributed by atoms with Crippen molar-refractivity contribution < 1.29 is 4.74 Å². The average molecular weight is 248 g/mol. The van der Waals surface area contributed by atoms with Crippen molar-refractivity contribution in [2.24, 2.45) is 0 Å². The minimum atomic E-state index is 0.578. The second-order valence-corrected chi connectivity index (χ2v) is 4.88. The predicted molar refractivity (Wildman–Crippen MR) is 75.2 cm³/mol. The van der Waals surface area contributed by atoms with E-state index in [0.29, 0.717) is 6.04 Å². The number of piperazine rings is 1. The Kier molecular flexibility index (Phi) is 5.02. The highest BCUT2D eigenvalue weighted by Gasteiger charge is 2.17. The van der Waals surface area contributed by atoms with Gasteiger partial charge < -0.3 is 10.1 Å². The molecule has 1 aliphatic rings. The van der Waals surface area contributed by atoms with Crippen LogP contribution in [0.25, 0.3) is 0 Å². The minimum absolute atomic E-state index is 0.578. The molecular weight excluding hydrogens is 224 g/mol. The molecule has 1 heterocycles. The Bertz CT molecular complexity index is 361. The van der Waals surface area contributed by atoms with Crippen molar-refractivity contribution >= 4 is 0 Å². The number of nitrogens with one attached hydrogen (secondary N) is 1. The molecule has 0 radical (unpaired) electrons. The molecule has 1 N–H and O–H groups in total. The third-order valence-electron chi connectivity index (χ3n) is 3.56. The summed E-state index contributed by atoms with van der Waals surface area (Å²) in [6, 6.07) is 8.98. The summed E-state index contributed by atoms with van der Waals surface area (Å²) >= 11 is 0. The standard InChI is InChI=1S/C15H24N2O/c1-3-18-15-7-5-4-6-14(15)12-13(2)17-10-8-16-9-11-17/h4-7,13,16H,3,8-12H2,1-2H3. The summed E-state index contributed by atoms with van der Waals surface area (Å²) in [5.41, 5.74) is 1.32. The van der Waals surface area contributed by atoms with E-state index in [1.165, 1.54) is 5.56 Å². The van der Waals surface area contributed by atoms with Crippen LogP contribution in [0.3, 0.4) is 0 Å². The first-order chi connectivity index (χ1) is 8.81. The van der Waals surface area contributed by atoms with Gasteiger partial charge in [0, 0.05) is 32.2 Å². The van der Waals surface area contributed by atoms with Crippen molar-refractivity contribution in [2.45, 2.75) is 26.3 Å². The Labute approximate surface area is 110 Å². The third-order valence-corrected chi connectivity index (χ3v) is 3.56. The molecule has 0 bridgehead atoms. The molecule has 1 unspecified atom stereocenters. The van der Waals surface area contributed by atoms with Gasteiger partial charge in [0.1, 0.15) is 5.75 Å². The molecule has 3 nitrogen and oxygen atoms in total. The molecule has 1 fully saturated rings. The van der Waals surface area contributed by atoms with Gasteiger partial charge in [0.05, 0.1) is 6.61 Å². The van der Waals surface area contributed by atoms with Crippen molar-refractivity contribution in [3.8, 4) is 5.75 Å².